The molecule has 0 atom stereocenters. The molecule has 6 nitrogen and oxygen atoms in total. The molecule has 0 N–H and O–H groups in total. The maximum atomic E-state index is 12.1. The van der Waals surface area contributed by atoms with E-state index >= 15 is 0 Å². The Labute approximate surface area is 159 Å². The molecule has 138 valence electrons. The Kier molecular flexibility index (Phi) is 5.28. The summed E-state index contributed by atoms with van der Waals surface area (Å²) in [5.74, 6) is -0.796. The number of hydrogen-bond acceptors (Lipinski definition) is 6. The average Bonchev–Trinajstić information content (AvgIpc) is 2.60. The van der Waals surface area contributed by atoms with Crippen LogP contribution in [0.4, 0.5) is 0 Å². The summed E-state index contributed by atoms with van der Waals surface area (Å²) in [5.41, 5.74) is 0.181. The van der Waals surface area contributed by atoms with Gasteiger partial charge in [0.2, 0.25) is 0 Å². The number of benzene rings is 2. The Balaban J connectivity index is 1.89. The average molecular weight is 387 g/mol. The molecule has 0 aliphatic rings. The molecule has 3 rings (SSSR count). The van der Waals surface area contributed by atoms with Crippen molar-refractivity contribution in [1.82, 2.24) is 0 Å². The van der Waals surface area contributed by atoms with E-state index in [1.807, 2.05) is 0 Å². The first-order valence-electron chi connectivity index (χ1n) is 8.03. The smallest absolute Gasteiger partial charge is 0.349 e. The predicted molar refractivity (Wildman–Crippen MR) is 99.8 cm³/mol. The highest BCUT2D eigenvalue weighted by molar-refractivity contribution is 6.32. The van der Waals surface area contributed by atoms with Gasteiger partial charge in [0, 0.05) is 11.5 Å². The van der Waals surface area contributed by atoms with E-state index in [-0.39, 0.29) is 16.9 Å². The third-order valence-corrected chi connectivity index (χ3v) is 4.15. The second-order valence-electron chi connectivity index (χ2n) is 5.81. The quantitative estimate of drug-likeness (QED) is 0.286. The van der Waals surface area contributed by atoms with Crippen molar-refractivity contribution in [3.8, 4) is 11.5 Å². The molecular formula is C20H15ClO6. The van der Waals surface area contributed by atoms with Crippen molar-refractivity contribution in [3.05, 3.63) is 69.0 Å². The van der Waals surface area contributed by atoms with Crippen LogP contribution in [0, 0.1) is 6.92 Å². The molecule has 0 bridgehead atoms. The molecule has 0 spiro atoms. The Hall–Kier alpha value is -3.12. The zero-order valence-corrected chi connectivity index (χ0v) is 15.3. The third-order valence-electron chi connectivity index (χ3n) is 3.84. The van der Waals surface area contributed by atoms with Crippen molar-refractivity contribution in [3.63, 3.8) is 0 Å². The monoisotopic (exact) mass is 386 g/mol. The zero-order chi connectivity index (χ0) is 19.6. The molecule has 0 aliphatic heterocycles. The lowest BCUT2D eigenvalue weighted by atomic mass is 10.0. The van der Waals surface area contributed by atoms with Crippen LogP contribution < -0.4 is 15.1 Å². The van der Waals surface area contributed by atoms with Crippen LogP contribution in [0.15, 0.2) is 51.7 Å². The second kappa shape index (κ2) is 7.63. The maximum Gasteiger partial charge on any atom is 0.349 e. The largest absolute Gasteiger partial charge is 0.480 e. The van der Waals surface area contributed by atoms with Crippen molar-refractivity contribution in [2.75, 3.05) is 6.61 Å². The Morgan fingerprint density at radius 3 is 2.56 bits per heavy atom. The minimum Gasteiger partial charge on any atom is -0.480 e. The number of para-hydroxylation sites is 1. The number of carbonyl (C=O) groups excluding carboxylic acids is 2. The fourth-order valence-electron chi connectivity index (χ4n) is 2.63. The molecule has 0 unspecified atom stereocenters. The highest BCUT2D eigenvalue weighted by atomic mass is 35.5. The standard InChI is InChI=1S/C20H15ClO6/c1-11-9-17(23)27-20-13(11)7-8-16(19(20)12(2)22)26-18(24)10-25-15-6-4-3-5-14(15)21/h3-9H,10H2,1-2H3. The summed E-state index contributed by atoms with van der Waals surface area (Å²) >= 11 is 5.97. The lowest BCUT2D eigenvalue weighted by Gasteiger charge is -2.12. The number of aryl methyl sites for hydroxylation is 1. The molecule has 0 fully saturated rings. The lowest BCUT2D eigenvalue weighted by molar-refractivity contribution is -0.136. The molecule has 7 heteroatoms. The van der Waals surface area contributed by atoms with Crippen molar-refractivity contribution in [1.29, 1.82) is 0 Å². The van der Waals surface area contributed by atoms with Gasteiger partial charge in [-0.05, 0) is 43.7 Å². The number of hydrogen-bond donors (Lipinski definition) is 0. The number of fused-ring (bicyclic) bond motifs is 1. The summed E-state index contributed by atoms with van der Waals surface area (Å²) in [6, 6.07) is 11.1. The fourth-order valence-corrected chi connectivity index (χ4v) is 2.83. The minimum atomic E-state index is -0.730. The van der Waals surface area contributed by atoms with Crippen LogP contribution in [0.2, 0.25) is 5.02 Å². The van der Waals surface area contributed by atoms with Gasteiger partial charge in [0.1, 0.15) is 17.1 Å². The molecular weight excluding hydrogens is 372 g/mol. The van der Waals surface area contributed by atoms with Crippen LogP contribution in [-0.4, -0.2) is 18.4 Å². The van der Waals surface area contributed by atoms with E-state index < -0.39 is 24.0 Å². The first-order chi connectivity index (χ1) is 12.9. The van der Waals surface area contributed by atoms with E-state index in [9.17, 15) is 14.4 Å². The van der Waals surface area contributed by atoms with Gasteiger partial charge in [-0.1, -0.05) is 23.7 Å². The summed E-state index contributed by atoms with van der Waals surface area (Å²) < 4.78 is 15.8. The van der Waals surface area contributed by atoms with E-state index in [0.717, 1.165) is 0 Å². The van der Waals surface area contributed by atoms with Gasteiger partial charge in [-0.15, -0.1) is 0 Å². The van der Waals surface area contributed by atoms with Gasteiger partial charge >= 0.3 is 11.6 Å². The van der Waals surface area contributed by atoms with Crippen LogP contribution in [-0.2, 0) is 4.79 Å². The van der Waals surface area contributed by atoms with Gasteiger partial charge in [0.05, 0.1) is 5.02 Å². The fraction of sp³-hybridized carbons (Fsp3) is 0.150. The predicted octanol–water partition coefficient (Wildman–Crippen LogP) is 3.94. The summed E-state index contributed by atoms with van der Waals surface area (Å²) in [7, 11) is 0. The van der Waals surface area contributed by atoms with E-state index in [4.69, 9.17) is 25.5 Å². The molecule has 27 heavy (non-hydrogen) atoms. The molecule has 0 amide bonds. The van der Waals surface area contributed by atoms with Gasteiger partial charge in [-0.3, -0.25) is 4.79 Å². The number of carbonyl (C=O) groups is 2. The Morgan fingerprint density at radius 2 is 1.85 bits per heavy atom. The number of ether oxygens (including phenoxy) is 2. The molecule has 0 aliphatic carbocycles. The molecule has 2 aromatic carbocycles. The van der Waals surface area contributed by atoms with Crippen molar-refractivity contribution in [2.24, 2.45) is 0 Å². The number of esters is 1. The molecule has 1 heterocycles. The Morgan fingerprint density at radius 1 is 1.11 bits per heavy atom. The second-order valence-corrected chi connectivity index (χ2v) is 6.22. The topological polar surface area (TPSA) is 82.8 Å². The van der Waals surface area contributed by atoms with Gasteiger partial charge in [-0.25, -0.2) is 9.59 Å². The Bertz CT molecular complexity index is 1100. The van der Waals surface area contributed by atoms with Crippen LogP contribution in [0.5, 0.6) is 11.5 Å². The normalized spacial score (nSPS) is 10.6. The van der Waals surface area contributed by atoms with Crippen LogP contribution in [0.25, 0.3) is 11.0 Å². The van der Waals surface area contributed by atoms with Crippen molar-refractivity contribution < 1.29 is 23.5 Å². The van der Waals surface area contributed by atoms with E-state index in [2.05, 4.69) is 0 Å². The van der Waals surface area contributed by atoms with Gasteiger partial charge in [0.15, 0.2) is 18.0 Å². The maximum absolute atomic E-state index is 12.1. The van der Waals surface area contributed by atoms with Crippen LogP contribution in [0.3, 0.4) is 0 Å². The SMILES string of the molecule is CC(=O)c1c(OC(=O)COc2ccccc2Cl)ccc2c(C)cc(=O)oc12. The zero-order valence-electron chi connectivity index (χ0n) is 14.6. The van der Waals surface area contributed by atoms with Gasteiger partial charge < -0.3 is 13.9 Å². The summed E-state index contributed by atoms with van der Waals surface area (Å²) in [6.07, 6.45) is 0. The summed E-state index contributed by atoms with van der Waals surface area (Å²) in [6.45, 7) is 2.62. The highest BCUT2D eigenvalue weighted by Crippen LogP contribution is 2.30. The lowest BCUT2D eigenvalue weighted by Crippen LogP contribution is -2.19. The molecule has 0 radical (unpaired) electrons. The number of ketones is 1. The third kappa shape index (κ3) is 4.01. The molecule has 3 aromatic rings. The molecule has 1 aromatic heterocycles. The van der Waals surface area contributed by atoms with Crippen LogP contribution >= 0.6 is 11.6 Å². The van der Waals surface area contributed by atoms with Gasteiger partial charge in [0.25, 0.3) is 0 Å². The summed E-state index contributed by atoms with van der Waals surface area (Å²) in [5, 5.41) is 0.949. The molecule has 0 saturated carbocycles. The van der Waals surface area contributed by atoms with E-state index in [0.29, 0.717) is 21.7 Å². The van der Waals surface area contributed by atoms with Crippen molar-refractivity contribution in [2.45, 2.75) is 13.8 Å². The first-order valence-corrected chi connectivity index (χ1v) is 8.41. The number of Topliss-reactive ketones (excluding diaryl/α,β-unsaturated/α-hetero) is 1. The first kappa shape index (κ1) is 18.7. The van der Waals surface area contributed by atoms with Gasteiger partial charge in [-0.2, -0.15) is 0 Å². The van der Waals surface area contributed by atoms with Crippen molar-refractivity contribution >= 4 is 34.3 Å². The van der Waals surface area contributed by atoms with E-state index in [1.54, 1.807) is 37.3 Å². The minimum absolute atomic E-state index is 0.00323. The molecule has 0 saturated heterocycles. The highest BCUT2D eigenvalue weighted by Gasteiger charge is 2.20. The summed E-state index contributed by atoms with van der Waals surface area (Å²) in [4.78, 5) is 35.9. The number of rotatable bonds is 5. The van der Waals surface area contributed by atoms with E-state index in [1.165, 1.54) is 19.1 Å². The number of halogens is 1. The van der Waals surface area contributed by atoms with Crippen LogP contribution in [0.1, 0.15) is 22.8 Å².